The Labute approximate surface area is 88.2 Å². The summed E-state index contributed by atoms with van der Waals surface area (Å²) in [5, 5.41) is 3.47. The first kappa shape index (κ1) is 11.3. The minimum Gasteiger partial charge on any atom is -0.379 e. The van der Waals surface area contributed by atoms with E-state index in [1.54, 1.807) is 6.07 Å². The van der Waals surface area contributed by atoms with E-state index in [9.17, 15) is 4.39 Å². The molecule has 3 N–H and O–H groups in total. The molecular weight excluding hydrogens is 203 g/mol. The van der Waals surface area contributed by atoms with E-state index in [4.69, 9.17) is 17.3 Å². The maximum Gasteiger partial charge on any atom is 0.146 e. The monoisotopic (exact) mass is 216 g/mol. The van der Waals surface area contributed by atoms with E-state index in [2.05, 4.69) is 5.32 Å². The predicted octanol–water partition coefficient (Wildman–Crippen LogP) is 2.63. The normalized spacial score (nSPS) is 14.9. The topological polar surface area (TPSA) is 38.0 Å². The molecule has 0 saturated carbocycles. The smallest absolute Gasteiger partial charge is 0.146 e. The Bertz CT molecular complexity index is 315. The second kappa shape index (κ2) is 4.62. The van der Waals surface area contributed by atoms with E-state index in [0.29, 0.717) is 10.7 Å². The molecule has 4 heteroatoms. The van der Waals surface area contributed by atoms with Crippen LogP contribution in [0.2, 0.25) is 5.02 Å². The van der Waals surface area contributed by atoms with E-state index in [-0.39, 0.29) is 17.9 Å². The zero-order valence-corrected chi connectivity index (χ0v) is 8.98. The molecule has 0 saturated heterocycles. The van der Waals surface area contributed by atoms with Crippen LogP contribution in [0, 0.1) is 5.82 Å². The van der Waals surface area contributed by atoms with Crippen LogP contribution in [0.5, 0.6) is 0 Å². The summed E-state index contributed by atoms with van der Waals surface area (Å²) in [6.07, 6.45) is 0. The summed E-state index contributed by atoms with van der Waals surface area (Å²) in [4.78, 5) is 0. The maximum absolute atomic E-state index is 13.2. The van der Waals surface area contributed by atoms with Crippen molar-refractivity contribution in [3.63, 3.8) is 0 Å². The first-order chi connectivity index (χ1) is 6.50. The molecule has 0 heterocycles. The molecule has 0 aromatic heterocycles. The highest BCUT2D eigenvalue weighted by Crippen LogP contribution is 2.20. The fourth-order valence-electron chi connectivity index (χ4n) is 0.985. The van der Waals surface area contributed by atoms with Crippen LogP contribution < -0.4 is 11.1 Å². The lowest BCUT2D eigenvalue weighted by Gasteiger charge is -2.19. The summed E-state index contributed by atoms with van der Waals surface area (Å²) >= 11 is 5.74. The molecule has 0 fully saturated rings. The Morgan fingerprint density at radius 3 is 2.64 bits per heavy atom. The highest BCUT2D eigenvalue weighted by molar-refractivity contribution is 6.30. The Morgan fingerprint density at radius 1 is 1.43 bits per heavy atom. The summed E-state index contributed by atoms with van der Waals surface area (Å²) in [6, 6.07) is 4.35. The SMILES string of the molecule is CC(N)C(C)Nc1cc(Cl)ccc1F. The lowest BCUT2D eigenvalue weighted by atomic mass is 10.1. The Morgan fingerprint density at radius 2 is 2.07 bits per heavy atom. The minimum atomic E-state index is -0.318. The third-order valence-electron chi connectivity index (χ3n) is 2.10. The van der Waals surface area contributed by atoms with Gasteiger partial charge in [-0.05, 0) is 32.0 Å². The van der Waals surface area contributed by atoms with Gasteiger partial charge in [0, 0.05) is 17.1 Å². The van der Waals surface area contributed by atoms with Crippen LogP contribution in [0.15, 0.2) is 18.2 Å². The van der Waals surface area contributed by atoms with Crippen LogP contribution in [-0.4, -0.2) is 12.1 Å². The van der Waals surface area contributed by atoms with Gasteiger partial charge in [0.2, 0.25) is 0 Å². The van der Waals surface area contributed by atoms with Gasteiger partial charge in [0.25, 0.3) is 0 Å². The first-order valence-corrected chi connectivity index (χ1v) is 4.85. The summed E-state index contributed by atoms with van der Waals surface area (Å²) in [6.45, 7) is 3.76. The quantitative estimate of drug-likeness (QED) is 0.815. The van der Waals surface area contributed by atoms with Gasteiger partial charge in [-0.25, -0.2) is 4.39 Å². The van der Waals surface area contributed by atoms with Crippen molar-refractivity contribution >= 4 is 17.3 Å². The minimum absolute atomic E-state index is 0.00275. The van der Waals surface area contributed by atoms with Gasteiger partial charge in [-0.3, -0.25) is 0 Å². The molecule has 14 heavy (non-hydrogen) atoms. The summed E-state index contributed by atoms with van der Waals surface area (Å²) < 4.78 is 13.2. The number of nitrogens with two attached hydrogens (primary N) is 1. The van der Waals surface area contributed by atoms with Gasteiger partial charge in [0.1, 0.15) is 5.82 Å². The Hall–Kier alpha value is -0.800. The zero-order valence-electron chi connectivity index (χ0n) is 8.22. The second-order valence-electron chi connectivity index (χ2n) is 3.42. The molecule has 0 amide bonds. The van der Waals surface area contributed by atoms with Crippen LogP contribution in [0.25, 0.3) is 0 Å². The van der Waals surface area contributed by atoms with Crippen molar-refractivity contribution in [3.8, 4) is 0 Å². The van der Waals surface area contributed by atoms with Gasteiger partial charge in [-0.15, -0.1) is 0 Å². The standard InChI is InChI=1S/C10H14ClFN2/c1-6(13)7(2)14-10-5-8(11)3-4-9(10)12/h3-7,14H,13H2,1-2H3. The summed E-state index contributed by atoms with van der Waals surface area (Å²) in [7, 11) is 0. The molecule has 0 aliphatic heterocycles. The van der Waals surface area contributed by atoms with E-state index >= 15 is 0 Å². The summed E-state index contributed by atoms with van der Waals surface area (Å²) in [5.74, 6) is -0.318. The van der Waals surface area contributed by atoms with E-state index in [1.165, 1.54) is 12.1 Å². The number of hydrogen-bond donors (Lipinski definition) is 2. The van der Waals surface area contributed by atoms with E-state index in [1.807, 2.05) is 13.8 Å². The van der Waals surface area contributed by atoms with Crippen LogP contribution in [0.4, 0.5) is 10.1 Å². The third kappa shape index (κ3) is 2.86. The fraction of sp³-hybridized carbons (Fsp3) is 0.400. The fourth-order valence-corrected chi connectivity index (χ4v) is 1.16. The highest BCUT2D eigenvalue weighted by atomic mass is 35.5. The number of benzene rings is 1. The van der Waals surface area contributed by atoms with Crippen molar-refractivity contribution in [1.82, 2.24) is 0 Å². The lowest BCUT2D eigenvalue weighted by Crippen LogP contribution is -2.35. The highest BCUT2D eigenvalue weighted by Gasteiger charge is 2.09. The number of hydrogen-bond acceptors (Lipinski definition) is 2. The molecule has 78 valence electrons. The van der Waals surface area contributed by atoms with Crippen molar-refractivity contribution < 1.29 is 4.39 Å². The molecule has 1 rings (SSSR count). The molecule has 0 radical (unpaired) electrons. The van der Waals surface area contributed by atoms with Gasteiger partial charge in [0.15, 0.2) is 0 Å². The number of anilines is 1. The van der Waals surface area contributed by atoms with E-state index in [0.717, 1.165) is 0 Å². The number of nitrogens with one attached hydrogen (secondary N) is 1. The van der Waals surface area contributed by atoms with Gasteiger partial charge in [0.05, 0.1) is 5.69 Å². The Balaban J connectivity index is 2.80. The second-order valence-corrected chi connectivity index (χ2v) is 3.85. The van der Waals surface area contributed by atoms with Gasteiger partial charge >= 0.3 is 0 Å². The molecule has 0 bridgehead atoms. The van der Waals surface area contributed by atoms with E-state index < -0.39 is 0 Å². The average Bonchev–Trinajstić information content (AvgIpc) is 2.11. The average molecular weight is 217 g/mol. The van der Waals surface area contributed by atoms with Crippen molar-refractivity contribution in [1.29, 1.82) is 0 Å². The van der Waals surface area contributed by atoms with Gasteiger partial charge in [-0.1, -0.05) is 11.6 Å². The predicted molar refractivity (Wildman–Crippen MR) is 58.1 cm³/mol. The number of halogens is 2. The molecule has 2 nitrogen and oxygen atoms in total. The number of rotatable bonds is 3. The van der Waals surface area contributed by atoms with Crippen molar-refractivity contribution in [2.45, 2.75) is 25.9 Å². The van der Waals surface area contributed by atoms with Crippen LogP contribution in [0.3, 0.4) is 0 Å². The van der Waals surface area contributed by atoms with Crippen molar-refractivity contribution in [2.75, 3.05) is 5.32 Å². The van der Waals surface area contributed by atoms with Crippen LogP contribution in [-0.2, 0) is 0 Å². The van der Waals surface area contributed by atoms with Crippen molar-refractivity contribution in [2.24, 2.45) is 5.73 Å². The Kier molecular flexibility index (Phi) is 3.72. The lowest BCUT2D eigenvalue weighted by molar-refractivity contribution is 0.607. The molecule has 0 aliphatic rings. The van der Waals surface area contributed by atoms with Crippen molar-refractivity contribution in [3.05, 3.63) is 29.0 Å². The van der Waals surface area contributed by atoms with Crippen LogP contribution in [0.1, 0.15) is 13.8 Å². The molecule has 0 spiro atoms. The first-order valence-electron chi connectivity index (χ1n) is 4.48. The third-order valence-corrected chi connectivity index (χ3v) is 2.34. The van der Waals surface area contributed by atoms with Crippen LogP contribution >= 0.6 is 11.6 Å². The molecule has 1 aromatic carbocycles. The van der Waals surface area contributed by atoms with Gasteiger partial charge < -0.3 is 11.1 Å². The zero-order chi connectivity index (χ0) is 10.7. The molecule has 2 atom stereocenters. The molecule has 1 aromatic rings. The molecule has 2 unspecified atom stereocenters. The molecular formula is C10H14ClFN2. The molecule has 0 aliphatic carbocycles. The summed E-state index contributed by atoms with van der Waals surface area (Å²) in [5.41, 5.74) is 6.04. The largest absolute Gasteiger partial charge is 0.379 e. The van der Waals surface area contributed by atoms with Gasteiger partial charge in [-0.2, -0.15) is 0 Å². The maximum atomic E-state index is 13.2.